The summed E-state index contributed by atoms with van der Waals surface area (Å²) < 4.78 is 13.2. The third-order valence-corrected chi connectivity index (χ3v) is 4.27. The third kappa shape index (κ3) is 5.25. The first kappa shape index (κ1) is 18.9. The number of likely N-dealkylation sites (tertiary alicyclic amines) is 1. The van der Waals surface area contributed by atoms with Gasteiger partial charge in [0, 0.05) is 25.6 Å². The zero-order valence-corrected chi connectivity index (χ0v) is 14.2. The predicted molar refractivity (Wildman–Crippen MR) is 89.7 cm³/mol. The van der Waals surface area contributed by atoms with Crippen LogP contribution in [0.2, 0.25) is 0 Å². The summed E-state index contributed by atoms with van der Waals surface area (Å²) in [7, 11) is 1.87. The highest BCUT2D eigenvalue weighted by Gasteiger charge is 2.25. The Morgan fingerprint density at radius 2 is 2.09 bits per heavy atom. The summed E-state index contributed by atoms with van der Waals surface area (Å²) in [6.45, 7) is 4.35. The highest BCUT2D eigenvalue weighted by molar-refractivity contribution is 5.85. The molecular formula is C17H26ClFN2O. The Balaban J connectivity index is 0.00000242. The lowest BCUT2D eigenvalue weighted by atomic mass is 9.89. The molecule has 1 aromatic rings. The fourth-order valence-electron chi connectivity index (χ4n) is 3.06. The number of halogens is 2. The molecule has 0 saturated carbocycles. The topological polar surface area (TPSA) is 32.3 Å². The molecule has 2 rings (SSSR count). The van der Waals surface area contributed by atoms with Gasteiger partial charge in [-0.3, -0.25) is 4.79 Å². The standard InChI is InChI=1S/C17H25FN2O.ClH/c1-13(12-19-2)17(21)20-8-6-14(7-9-20)10-15-4-3-5-16(18)11-15;/h3-5,11,13-14,19H,6-10,12H2,1-2H3;1H. The number of hydrogen-bond donors (Lipinski definition) is 1. The lowest BCUT2D eigenvalue weighted by Crippen LogP contribution is -2.43. The minimum absolute atomic E-state index is 0. The van der Waals surface area contributed by atoms with Crippen LogP contribution in [0.4, 0.5) is 4.39 Å². The summed E-state index contributed by atoms with van der Waals surface area (Å²) in [5, 5.41) is 3.05. The van der Waals surface area contributed by atoms with E-state index in [0.717, 1.165) is 44.5 Å². The van der Waals surface area contributed by atoms with Crippen molar-refractivity contribution >= 4 is 18.3 Å². The zero-order valence-electron chi connectivity index (χ0n) is 13.3. The van der Waals surface area contributed by atoms with Gasteiger partial charge in [-0.1, -0.05) is 19.1 Å². The van der Waals surface area contributed by atoms with Crippen molar-refractivity contribution in [2.45, 2.75) is 26.2 Å². The van der Waals surface area contributed by atoms with Crippen LogP contribution in [0.5, 0.6) is 0 Å². The molecule has 1 heterocycles. The first-order valence-electron chi connectivity index (χ1n) is 7.78. The van der Waals surface area contributed by atoms with Crippen molar-refractivity contribution in [1.82, 2.24) is 10.2 Å². The number of amides is 1. The van der Waals surface area contributed by atoms with Crippen molar-refractivity contribution in [3.63, 3.8) is 0 Å². The van der Waals surface area contributed by atoms with Crippen LogP contribution in [-0.2, 0) is 11.2 Å². The number of rotatable bonds is 5. The molecule has 0 spiro atoms. The molecule has 1 aliphatic rings. The molecule has 1 saturated heterocycles. The zero-order chi connectivity index (χ0) is 15.2. The van der Waals surface area contributed by atoms with Gasteiger partial charge < -0.3 is 10.2 Å². The van der Waals surface area contributed by atoms with E-state index in [1.165, 1.54) is 6.07 Å². The van der Waals surface area contributed by atoms with E-state index in [2.05, 4.69) is 5.32 Å². The summed E-state index contributed by atoms with van der Waals surface area (Å²) in [6.07, 6.45) is 2.93. The fourth-order valence-corrected chi connectivity index (χ4v) is 3.06. The van der Waals surface area contributed by atoms with E-state index in [0.29, 0.717) is 5.92 Å². The van der Waals surface area contributed by atoms with Gasteiger partial charge in [-0.05, 0) is 49.9 Å². The molecule has 0 aliphatic carbocycles. The molecule has 3 nitrogen and oxygen atoms in total. The van der Waals surface area contributed by atoms with Gasteiger partial charge in [0.15, 0.2) is 0 Å². The number of piperidine rings is 1. The maximum Gasteiger partial charge on any atom is 0.226 e. The monoisotopic (exact) mass is 328 g/mol. The predicted octanol–water partition coefficient (Wildman–Crippen LogP) is 2.88. The van der Waals surface area contributed by atoms with Gasteiger partial charge in [-0.25, -0.2) is 4.39 Å². The Morgan fingerprint density at radius 1 is 1.41 bits per heavy atom. The highest BCUT2D eigenvalue weighted by atomic mass is 35.5. The van der Waals surface area contributed by atoms with E-state index in [1.54, 1.807) is 12.1 Å². The van der Waals surface area contributed by atoms with Crippen molar-refractivity contribution < 1.29 is 9.18 Å². The molecule has 1 aromatic carbocycles. The fraction of sp³-hybridized carbons (Fsp3) is 0.588. The maximum atomic E-state index is 13.2. The lowest BCUT2D eigenvalue weighted by molar-refractivity contribution is -0.136. The molecule has 1 aliphatic heterocycles. The largest absolute Gasteiger partial charge is 0.342 e. The summed E-state index contributed by atoms with van der Waals surface area (Å²) in [4.78, 5) is 14.2. The molecule has 1 atom stereocenters. The van der Waals surface area contributed by atoms with Crippen molar-refractivity contribution in [2.75, 3.05) is 26.7 Å². The van der Waals surface area contributed by atoms with Crippen LogP contribution in [0.3, 0.4) is 0 Å². The Morgan fingerprint density at radius 3 is 2.68 bits per heavy atom. The number of carbonyl (C=O) groups is 1. The minimum atomic E-state index is -0.166. The van der Waals surface area contributed by atoms with E-state index in [4.69, 9.17) is 0 Å². The first-order chi connectivity index (χ1) is 10.1. The normalized spacial score (nSPS) is 17.0. The van der Waals surface area contributed by atoms with E-state index >= 15 is 0 Å². The average molecular weight is 329 g/mol. The van der Waals surface area contributed by atoms with E-state index in [9.17, 15) is 9.18 Å². The summed E-state index contributed by atoms with van der Waals surface area (Å²) in [5.41, 5.74) is 1.06. The van der Waals surface area contributed by atoms with Crippen LogP contribution in [0.25, 0.3) is 0 Å². The van der Waals surface area contributed by atoms with Crippen LogP contribution >= 0.6 is 12.4 Å². The Labute approximate surface area is 138 Å². The van der Waals surface area contributed by atoms with Gasteiger partial charge in [0.1, 0.15) is 5.82 Å². The molecular weight excluding hydrogens is 303 g/mol. The second kappa shape index (κ2) is 9.11. The summed E-state index contributed by atoms with van der Waals surface area (Å²) in [6, 6.07) is 6.85. The molecule has 0 aromatic heterocycles. The van der Waals surface area contributed by atoms with Crippen molar-refractivity contribution in [2.24, 2.45) is 11.8 Å². The molecule has 22 heavy (non-hydrogen) atoms. The molecule has 1 N–H and O–H groups in total. The Bertz CT molecular complexity index is 475. The van der Waals surface area contributed by atoms with Crippen molar-refractivity contribution in [3.8, 4) is 0 Å². The van der Waals surface area contributed by atoms with Crippen LogP contribution < -0.4 is 5.32 Å². The number of hydrogen-bond acceptors (Lipinski definition) is 2. The van der Waals surface area contributed by atoms with Crippen LogP contribution in [0.1, 0.15) is 25.3 Å². The molecule has 1 amide bonds. The van der Waals surface area contributed by atoms with Crippen LogP contribution in [-0.4, -0.2) is 37.5 Å². The minimum Gasteiger partial charge on any atom is -0.342 e. The van der Waals surface area contributed by atoms with Crippen LogP contribution in [0.15, 0.2) is 24.3 Å². The first-order valence-corrected chi connectivity index (χ1v) is 7.78. The summed E-state index contributed by atoms with van der Waals surface area (Å²) >= 11 is 0. The SMILES string of the molecule is CNCC(C)C(=O)N1CCC(Cc2cccc(F)c2)CC1.Cl. The van der Waals surface area contributed by atoms with Gasteiger partial charge in [-0.15, -0.1) is 12.4 Å². The van der Waals surface area contributed by atoms with Gasteiger partial charge in [-0.2, -0.15) is 0 Å². The smallest absolute Gasteiger partial charge is 0.226 e. The van der Waals surface area contributed by atoms with E-state index < -0.39 is 0 Å². The van der Waals surface area contributed by atoms with Gasteiger partial charge in [0.05, 0.1) is 0 Å². The Hall–Kier alpha value is -1.13. The van der Waals surface area contributed by atoms with Crippen molar-refractivity contribution in [3.05, 3.63) is 35.6 Å². The molecule has 5 heteroatoms. The van der Waals surface area contributed by atoms with Gasteiger partial charge >= 0.3 is 0 Å². The number of carbonyl (C=O) groups excluding carboxylic acids is 1. The quantitative estimate of drug-likeness (QED) is 0.901. The molecule has 1 fully saturated rings. The lowest BCUT2D eigenvalue weighted by Gasteiger charge is -2.33. The third-order valence-electron chi connectivity index (χ3n) is 4.27. The van der Waals surface area contributed by atoms with Crippen molar-refractivity contribution in [1.29, 1.82) is 0 Å². The van der Waals surface area contributed by atoms with Crippen LogP contribution in [0, 0.1) is 17.7 Å². The average Bonchev–Trinajstić information content (AvgIpc) is 2.47. The van der Waals surface area contributed by atoms with E-state index in [1.807, 2.05) is 24.9 Å². The summed E-state index contributed by atoms with van der Waals surface area (Å²) in [5.74, 6) is 0.666. The second-order valence-corrected chi connectivity index (χ2v) is 6.06. The van der Waals surface area contributed by atoms with Gasteiger partial charge in [0.25, 0.3) is 0 Å². The second-order valence-electron chi connectivity index (χ2n) is 6.06. The van der Waals surface area contributed by atoms with Gasteiger partial charge in [0.2, 0.25) is 5.91 Å². The number of nitrogens with zero attached hydrogens (tertiary/aromatic N) is 1. The Kier molecular flexibility index (Phi) is 7.83. The van der Waals surface area contributed by atoms with E-state index in [-0.39, 0.29) is 30.0 Å². The molecule has 1 unspecified atom stereocenters. The highest BCUT2D eigenvalue weighted by Crippen LogP contribution is 2.23. The number of nitrogens with one attached hydrogen (secondary N) is 1. The number of benzene rings is 1. The molecule has 124 valence electrons. The molecule has 0 radical (unpaired) electrons. The maximum absolute atomic E-state index is 13.2. The molecule has 0 bridgehead atoms.